The van der Waals surface area contributed by atoms with Crippen LogP contribution in [0.4, 0.5) is 21.3 Å². The summed E-state index contributed by atoms with van der Waals surface area (Å²) in [6, 6.07) is 13.0. The van der Waals surface area contributed by atoms with E-state index in [1.807, 2.05) is 63.2 Å². The summed E-state index contributed by atoms with van der Waals surface area (Å²) < 4.78 is 0. The summed E-state index contributed by atoms with van der Waals surface area (Å²) >= 11 is 1.13. The molecule has 3 rings (SSSR count). The highest BCUT2D eigenvalue weighted by atomic mass is 32.1. The number of thiazole rings is 1. The third-order valence-electron chi connectivity index (χ3n) is 4.31. The number of aromatic nitrogens is 1. The second kappa shape index (κ2) is 8.22. The predicted octanol–water partition coefficient (Wildman–Crippen LogP) is 4.99. The molecule has 0 atom stereocenters. The molecule has 0 saturated carbocycles. The lowest BCUT2D eigenvalue weighted by atomic mass is 10.1. The van der Waals surface area contributed by atoms with Crippen molar-refractivity contribution in [1.29, 1.82) is 0 Å². The zero-order chi connectivity index (χ0) is 20.3. The van der Waals surface area contributed by atoms with Crippen LogP contribution in [0.1, 0.15) is 26.4 Å². The van der Waals surface area contributed by atoms with E-state index >= 15 is 0 Å². The number of amides is 3. The molecule has 0 aliphatic heterocycles. The average Bonchev–Trinajstić information content (AvgIpc) is 3.13. The molecule has 0 bridgehead atoms. The maximum atomic E-state index is 12.6. The van der Waals surface area contributed by atoms with Crippen LogP contribution in [0.2, 0.25) is 0 Å². The van der Waals surface area contributed by atoms with Gasteiger partial charge < -0.3 is 5.32 Å². The molecule has 0 saturated heterocycles. The topological polar surface area (TPSA) is 74.3 Å². The van der Waals surface area contributed by atoms with Crippen molar-refractivity contribution in [3.05, 3.63) is 70.2 Å². The Morgan fingerprint density at radius 2 is 1.64 bits per heavy atom. The number of benzene rings is 2. The van der Waals surface area contributed by atoms with Gasteiger partial charge in [0.05, 0.1) is 6.20 Å². The number of hydrogen-bond donors (Lipinski definition) is 2. The molecule has 0 spiro atoms. The Morgan fingerprint density at radius 1 is 1.00 bits per heavy atom. The summed E-state index contributed by atoms with van der Waals surface area (Å²) in [4.78, 5) is 31.0. The number of anilines is 3. The highest BCUT2D eigenvalue weighted by molar-refractivity contribution is 7.17. The van der Waals surface area contributed by atoms with E-state index < -0.39 is 0 Å². The van der Waals surface area contributed by atoms with Crippen molar-refractivity contribution < 1.29 is 9.59 Å². The first-order valence-electron chi connectivity index (χ1n) is 8.80. The number of hydrogen-bond acceptors (Lipinski definition) is 4. The number of nitrogens with zero attached hydrogens (tertiary/aromatic N) is 2. The monoisotopic (exact) mass is 394 g/mol. The number of carbonyl (C=O) groups is 2. The molecule has 0 aliphatic rings. The number of nitrogens with one attached hydrogen (secondary N) is 2. The molecule has 3 aromatic rings. The van der Waals surface area contributed by atoms with E-state index in [-0.39, 0.29) is 11.9 Å². The van der Waals surface area contributed by atoms with Crippen molar-refractivity contribution in [2.75, 3.05) is 22.6 Å². The maximum absolute atomic E-state index is 12.6. The molecule has 144 valence electrons. The van der Waals surface area contributed by atoms with Gasteiger partial charge in [-0.2, -0.15) is 0 Å². The first-order chi connectivity index (χ1) is 13.3. The molecule has 3 amide bonds. The fraction of sp³-hybridized carbons (Fsp3) is 0.190. The van der Waals surface area contributed by atoms with Gasteiger partial charge in [-0.15, -0.1) is 0 Å². The van der Waals surface area contributed by atoms with Crippen molar-refractivity contribution in [3.63, 3.8) is 0 Å². The van der Waals surface area contributed by atoms with Gasteiger partial charge in [0.1, 0.15) is 4.88 Å². The van der Waals surface area contributed by atoms with Crippen molar-refractivity contribution in [2.24, 2.45) is 0 Å². The zero-order valence-electron chi connectivity index (χ0n) is 16.2. The lowest BCUT2D eigenvalue weighted by Gasteiger charge is -2.16. The second-order valence-corrected chi connectivity index (χ2v) is 7.61. The van der Waals surface area contributed by atoms with Gasteiger partial charge in [-0.1, -0.05) is 47.2 Å². The number of urea groups is 1. The van der Waals surface area contributed by atoms with E-state index in [1.54, 1.807) is 7.05 Å². The van der Waals surface area contributed by atoms with E-state index in [4.69, 9.17) is 0 Å². The molecule has 6 nitrogen and oxygen atoms in total. The minimum atomic E-state index is -0.322. The zero-order valence-corrected chi connectivity index (χ0v) is 17.1. The number of aryl methyl sites for hydroxylation is 3. The molecule has 2 N–H and O–H groups in total. The first kappa shape index (κ1) is 19.6. The minimum absolute atomic E-state index is 0.246. The quantitative estimate of drug-likeness (QED) is 0.655. The fourth-order valence-corrected chi connectivity index (χ4v) is 3.63. The number of carbonyl (C=O) groups excluding carboxylic acids is 2. The largest absolute Gasteiger partial charge is 0.327 e. The lowest BCUT2D eigenvalue weighted by molar-refractivity contribution is 0.103. The van der Waals surface area contributed by atoms with E-state index in [0.717, 1.165) is 39.4 Å². The van der Waals surface area contributed by atoms with Crippen LogP contribution in [0.15, 0.2) is 48.7 Å². The van der Waals surface area contributed by atoms with Gasteiger partial charge in [0.2, 0.25) is 0 Å². The molecule has 0 fully saturated rings. The molecule has 0 unspecified atom stereocenters. The molecule has 0 radical (unpaired) electrons. The van der Waals surface area contributed by atoms with Gasteiger partial charge in [-0.3, -0.25) is 15.0 Å². The average molecular weight is 395 g/mol. The fourth-order valence-electron chi connectivity index (χ4n) is 2.93. The lowest BCUT2D eigenvalue weighted by Crippen LogP contribution is -2.30. The van der Waals surface area contributed by atoms with E-state index in [9.17, 15) is 9.59 Å². The summed E-state index contributed by atoms with van der Waals surface area (Å²) in [5.41, 5.74) is 4.73. The Balaban J connectivity index is 1.68. The second-order valence-electron chi connectivity index (χ2n) is 6.58. The van der Waals surface area contributed by atoms with Gasteiger partial charge >= 0.3 is 6.03 Å². The van der Waals surface area contributed by atoms with Crippen LogP contribution in [-0.4, -0.2) is 24.0 Å². The third kappa shape index (κ3) is 4.37. The Labute approximate surface area is 168 Å². The van der Waals surface area contributed by atoms with Crippen molar-refractivity contribution >= 4 is 39.8 Å². The SMILES string of the molecule is Cc1cc(C)c(NC(=O)c2cnc(NC(=O)N(C)c3ccccc3)s2)c(C)c1. The Bertz CT molecular complexity index is 991. The standard InChI is InChI=1S/C21H22N4O2S/c1-13-10-14(2)18(15(3)11-13)23-19(26)17-12-22-20(28-17)24-21(27)25(4)16-8-6-5-7-9-16/h5-12H,1-4H3,(H,23,26)(H,22,24,27). The Hall–Kier alpha value is -3.19. The van der Waals surface area contributed by atoms with Crippen LogP contribution >= 0.6 is 11.3 Å². The smallest absolute Gasteiger partial charge is 0.321 e. The first-order valence-corrected chi connectivity index (χ1v) is 9.61. The van der Waals surface area contributed by atoms with Crippen LogP contribution in [0.3, 0.4) is 0 Å². The number of rotatable bonds is 4. The summed E-state index contributed by atoms with van der Waals surface area (Å²) in [5, 5.41) is 6.04. The van der Waals surface area contributed by atoms with Crippen molar-refractivity contribution in [2.45, 2.75) is 20.8 Å². The van der Waals surface area contributed by atoms with Gasteiger partial charge in [0.15, 0.2) is 5.13 Å². The van der Waals surface area contributed by atoms with Gasteiger partial charge in [-0.25, -0.2) is 9.78 Å². The maximum Gasteiger partial charge on any atom is 0.327 e. The van der Waals surface area contributed by atoms with Gasteiger partial charge in [0.25, 0.3) is 5.91 Å². The Kier molecular flexibility index (Phi) is 5.75. The third-order valence-corrected chi connectivity index (χ3v) is 5.22. The van der Waals surface area contributed by atoms with Gasteiger partial charge in [0, 0.05) is 18.4 Å². The molecular weight excluding hydrogens is 372 g/mol. The van der Waals surface area contributed by atoms with E-state index in [2.05, 4.69) is 15.6 Å². The van der Waals surface area contributed by atoms with Crippen LogP contribution in [0.5, 0.6) is 0 Å². The van der Waals surface area contributed by atoms with Crippen molar-refractivity contribution in [1.82, 2.24) is 4.98 Å². The molecule has 7 heteroatoms. The molecule has 1 heterocycles. The molecule has 28 heavy (non-hydrogen) atoms. The van der Waals surface area contributed by atoms with Crippen LogP contribution in [-0.2, 0) is 0 Å². The van der Waals surface area contributed by atoms with Crippen molar-refractivity contribution in [3.8, 4) is 0 Å². The number of para-hydroxylation sites is 1. The molecule has 0 aliphatic carbocycles. The predicted molar refractivity (Wildman–Crippen MR) is 115 cm³/mol. The van der Waals surface area contributed by atoms with Crippen LogP contribution < -0.4 is 15.5 Å². The highest BCUT2D eigenvalue weighted by Crippen LogP contribution is 2.25. The Morgan fingerprint density at radius 3 is 2.29 bits per heavy atom. The minimum Gasteiger partial charge on any atom is -0.321 e. The van der Waals surface area contributed by atoms with Gasteiger partial charge in [-0.05, 0) is 44.0 Å². The van der Waals surface area contributed by atoms with Crippen LogP contribution in [0, 0.1) is 20.8 Å². The van der Waals surface area contributed by atoms with E-state index in [1.165, 1.54) is 11.1 Å². The van der Waals surface area contributed by atoms with Crippen LogP contribution in [0.25, 0.3) is 0 Å². The summed E-state index contributed by atoms with van der Waals surface area (Å²) in [7, 11) is 1.68. The van der Waals surface area contributed by atoms with E-state index in [0.29, 0.717) is 10.0 Å². The highest BCUT2D eigenvalue weighted by Gasteiger charge is 2.16. The molecule has 2 aromatic carbocycles. The normalized spacial score (nSPS) is 10.4. The summed E-state index contributed by atoms with van der Waals surface area (Å²) in [6.45, 7) is 5.96. The summed E-state index contributed by atoms with van der Waals surface area (Å²) in [6.07, 6.45) is 1.47. The molecule has 1 aromatic heterocycles. The molecular formula is C21H22N4O2S. The summed E-state index contributed by atoms with van der Waals surface area (Å²) in [5.74, 6) is -0.246.